The number of methoxy groups -OCH3 is 3. The number of hydrazone groups is 1. The summed E-state index contributed by atoms with van der Waals surface area (Å²) >= 11 is 0. The molecule has 0 unspecified atom stereocenters. The fourth-order valence-electron chi connectivity index (χ4n) is 3.87. The van der Waals surface area contributed by atoms with Gasteiger partial charge in [-0.05, 0) is 47.2 Å². The van der Waals surface area contributed by atoms with Gasteiger partial charge in [0, 0.05) is 11.6 Å². The van der Waals surface area contributed by atoms with Gasteiger partial charge in [0.25, 0.3) is 15.9 Å². The molecule has 0 aromatic heterocycles. The van der Waals surface area contributed by atoms with Crippen LogP contribution in [0.5, 0.6) is 17.2 Å². The highest BCUT2D eigenvalue weighted by molar-refractivity contribution is 7.92. The van der Waals surface area contributed by atoms with Crippen LogP contribution in [0.3, 0.4) is 0 Å². The Morgan fingerprint density at radius 1 is 0.868 bits per heavy atom. The molecular weight excluding hydrogens is 506 g/mol. The van der Waals surface area contributed by atoms with Gasteiger partial charge < -0.3 is 14.2 Å². The van der Waals surface area contributed by atoms with Gasteiger partial charge in [-0.25, -0.2) is 13.8 Å². The number of nitrogens with one attached hydrogen (secondary N) is 1. The number of amides is 1. The largest absolute Gasteiger partial charge is 0.497 e. The fraction of sp³-hybridized carbons (Fsp3) is 0.143. The van der Waals surface area contributed by atoms with Crippen LogP contribution in [-0.2, 0) is 14.8 Å². The lowest BCUT2D eigenvalue weighted by atomic mass is 10.1. The van der Waals surface area contributed by atoms with Crippen LogP contribution in [0.2, 0.25) is 0 Å². The smallest absolute Gasteiger partial charge is 0.264 e. The normalized spacial score (nSPS) is 11.3. The highest BCUT2D eigenvalue weighted by Crippen LogP contribution is 2.32. The highest BCUT2D eigenvalue weighted by Gasteiger charge is 2.28. The molecule has 0 aliphatic carbocycles. The predicted molar refractivity (Wildman–Crippen MR) is 147 cm³/mol. The van der Waals surface area contributed by atoms with E-state index in [4.69, 9.17) is 14.2 Å². The Labute approximate surface area is 221 Å². The van der Waals surface area contributed by atoms with Crippen LogP contribution in [0, 0.1) is 0 Å². The molecule has 0 spiro atoms. The zero-order valence-electron chi connectivity index (χ0n) is 21.1. The Morgan fingerprint density at radius 3 is 2.29 bits per heavy atom. The molecule has 38 heavy (non-hydrogen) atoms. The summed E-state index contributed by atoms with van der Waals surface area (Å²) in [5, 5.41) is 6.08. The van der Waals surface area contributed by atoms with Crippen LogP contribution in [0.15, 0.2) is 94.9 Å². The highest BCUT2D eigenvalue weighted by atomic mass is 32.2. The van der Waals surface area contributed by atoms with Crippen molar-refractivity contribution in [3.05, 3.63) is 90.5 Å². The number of carbonyl (C=O) groups is 1. The van der Waals surface area contributed by atoms with E-state index in [-0.39, 0.29) is 16.3 Å². The number of rotatable bonds is 10. The summed E-state index contributed by atoms with van der Waals surface area (Å²) in [5.41, 5.74) is 3.52. The fourth-order valence-corrected chi connectivity index (χ4v) is 5.31. The van der Waals surface area contributed by atoms with E-state index in [0.717, 1.165) is 20.6 Å². The van der Waals surface area contributed by atoms with E-state index in [0.29, 0.717) is 11.5 Å². The van der Waals surface area contributed by atoms with Crippen molar-refractivity contribution in [3.8, 4) is 17.2 Å². The molecule has 4 aromatic carbocycles. The lowest BCUT2D eigenvalue weighted by Gasteiger charge is -2.24. The summed E-state index contributed by atoms with van der Waals surface area (Å²) in [4.78, 5) is 12.8. The van der Waals surface area contributed by atoms with Gasteiger partial charge in [0.05, 0.1) is 38.1 Å². The molecule has 196 valence electrons. The van der Waals surface area contributed by atoms with Crippen molar-refractivity contribution in [1.82, 2.24) is 5.43 Å². The van der Waals surface area contributed by atoms with E-state index in [1.54, 1.807) is 24.3 Å². The Balaban J connectivity index is 1.62. The van der Waals surface area contributed by atoms with Gasteiger partial charge in [0.15, 0.2) is 11.5 Å². The number of sulfonamides is 1. The molecule has 1 amide bonds. The Bertz CT molecular complexity index is 1560. The number of hydrogen-bond donors (Lipinski definition) is 1. The first-order valence-electron chi connectivity index (χ1n) is 11.6. The van der Waals surface area contributed by atoms with Crippen molar-refractivity contribution in [3.63, 3.8) is 0 Å². The number of carbonyl (C=O) groups excluding carboxylic acids is 1. The van der Waals surface area contributed by atoms with E-state index in [1.165, 1.54) is 45.7 Å². The molecule has 0 saturated heterocycles. The summed E-state index contributed by atoms with van der Waals surface area (Å²) in [6.07, 6.45) is 1.53. The van der Waals surface area contributed by atoms with Crippen LogP contribution >= 0.6 is 0 Å². The van der Waals surface area contributed by atoms with Crippen molar-refractivity contribution < 1.29 is 27.4 Å². The third-order valence-electron chi connectivity index (χ3n) is 5.81. The van der Waals surface area contributed by atoms with Crippen LogP contribution in [0.4, 0.5) is 5.69 Å². The first-order chi connectivity index (χ1) is 18.4. The minimum Gasteiger partial charge on any atom is -0.497 e. The molecule has 10 heteroatoms. The Hall–Kier alpha value is -4.57. The van der Waals surface area contributed by atoms with Gasteiger partial charge >= 0.3 is 0 Å². The predicted octanol–water partition coefficient (Wildman–Crippen LogP) is 4.21. The third-order valence-corrected chi connectivity index (χ3v) is 7.58. The van der Waals surface area contributed by atoms with Crippen molar-refractivity contribution in [2.24, 2.45) is 5.10 Å². The lowest BCUT2D eigenvalue weighted by molar-refractivity contribution is -0.119. The number of fused-ring (bicyclic) bond motifs is 1. The monoisotopic (exact) mass is 533 g/mol. The number of ether oxygens (including phenoxy) is 3. The molecule has 0 atom stereocenters. The SMILES string of the molecule is COc1ccc(N(CC(=O)N/N=C\c2cccc3ccccc23)S(=O)(=O)c2ccc(OC)c(OC)c2)cc1. The topological polar surface area (TPSA) is 107 Å². The van der Waals surface area contributed by atoms with E-state index >= 15 is 0 Å². The lowest BCUT2D eigenvalue weighted by Crippen LogP contribution is -2.39. The molecule has 0 aliphatic heterocycles. The molecular formula is C28H27N3O6S. The summed E-state index contributed by atoms with van der Waals surface area (Å²) in [7, 11) is 0.191. The van der Waals surface area contributed by atoms with Crippen molar-refractivity contribution in [1.29, 1.82) is 0 Å². The second-order valence-corrected chi connectivity index (χ2v) is 9.95. The van der Waals surface area contributed by atoms with Crippen molar-refractivity contribution >= 4 is 38.6 Å². The summed E-state index contributed by atoms with van der Waals surface area (Å²) in [6, 6.07) is 24.1. The second-order valence-electron chi connectivity index (χ2n) is 8.09. The molecule has 0 saturated carbocycles. The van der Waals surface area contributed by atoms with E-state index in [2.05, 4.69) is 10.5 Å². The van der Waals surface area contributed by atoms with Gasteiger partial charge in [-0.1, -0.05) is 42.5 Å². The molecule has 4 rings (SSSR count). The molecule has 4 aromatic rings. The van der Waals surface area contributed by atoms with Crippen molar-refractivity contribution in [2.45, 2.75) is 4.90 Å². The Morgan fingerprint density at radius 2 is 1.58 bits per heavy atom. The average molecular weight is 534 g/mol. The number of hydrogen-bond acceptors (Lipinski definition) is 7. The van der Waals surface area contributed by atoms with E-state index in [1.807, 2.05) is 42.5 Å². The summed E-state index contributed by atoms with van der Waals surface area (Å²) in [5.74, 6) is 0.540. The molecule has 0 aliphatic rings. The maximum Gasteiger partial charge on any atom is 0.264 e. The standard InChI is InChI=1S/C28H27N3O6S/c1-35-23-13-11-22(12-14-23)31(38(33,34)24-15-16-26(36-2)27(17-24)37-3)19-28(32)30-29-18-21-9-6-8-20-7-4-5-10-25(20)21/h4-18H,19H2,1-3H3,(H,30,32)/b29-18-. The first-order valence-corrected chi connectivity index (χ1v) is 13.0. The second kappa shape index (κ2) is 11.7. The maximum absolute atomic E-state index is 13.7. The third kappa shape index (κ3) is 5.70. The van der Waals surface area contributed by atoms with Crippen LogP contribution in [0.1, 0.15) is 5.56 Å². The molecule has 0 radical (unpaired) electrons. The van der Waals surface area contributed by atoms with Crippen LogP contribution in [-0.4, -0.2) is 48.4 Å². The molecule has 0 heterocycles. The number of anilines is 1. The average Bonchev–Trinajstić information content (AvgIpc) is 2.95. The molecule has 1 N–H and O–H groups in total. The van der Waals surface area contributed by atoms with Gasteiger partial charge in [-0.3, -0.25) is 9.10 Å². The maximum atomic E-state index is 13.7. The summed E-state index contributed by atoms with van der Waals surface area (Å²) in [6.45, 7) is -0.518. The zero-order chi connectivity index (χ0) is 27.1. The minimum absolute atomic E-state index is 0.0713. The number of benzene rings is 4. The quantitative estimate of drug-likeness (QED) is 0.242. The van der Waals surface area contributed by atoms with Crippen LogP contribution < -0.4 is 23.9 Å². The van der Waals surface area contributed by atoms with E-state index < -0.39 is 22.5 Å². The van der Waals surface area contributed by atoms with E-state index in [9.17, 15) is 13.2 Å². The molecule has 0 bridgehead atoms. The zero-order valence-corrected chi connectivity index (χ0v) is 21.9. The first kappa shape index (κ1) is 26.5. The van der Waals surface area contributed by atoms with Crippen LogP contribution in [0.25, 0.3) is 10.8 Å². The van der Waals surface area contributed by atoms with Gasteiger partial charge in [0.1, 0.15) is 12.3 Å². The van der Waals surface area contributed by atoms with Gasteiger partial charge in [-0.2, -0.15) is 5.10 Å². The Kier molecular flexibility index (Phi) is 8.12. The van der Waals surface area contributed by atoms with Gasteiger partial charge in [0.2, 0.25) is 0 Å². The number of nitrogens with zero attached hydrogens (tertiary/aromatic N) is 2. The summed E-state index contributed by atoms with van der Waals surface area (Å²) < 4.78 is 44.1. The van der Waals surface area contributed by atoms with Gasteiger partial charge in [-0.15, -0.1) is 0 Å². The molecule has 9 nitrogen and oxygen atoms in total. The minimum atomic E-state index is -4.19. The van der Waals surface area contributed by atoms with Crippen molar-refractivity contribution in [2.75, 3.05) is 32.2 Å². The molecule has 0 fully saturated rings.